The van der Waals surface area contributed by atoms with E-state index in [2.05, 4.69) is 0 Å². The number of anilines is 1. The molecule has 0 spiro atoms. The number of nitrogens with zero attached hydrogens (tertiary/aromatic N) is 1. The van der Waals surface area contributed by atoms with Crippen LogP contribution in [0.3, 0.4) is 0 Å². The number of hydrogen-bond donors (Lipinski definition) is 1. The van der Waals surface area contributed by atoms with E-state index in [1.165, 1.54) is 4.90 Å². The lowest BCUT2D eigenvalue weighted by Crippen LogP contribution is -2.31. The summed E-state index contributed by atoms with van der Waals surface area (Å²) in [5, 5.41) is 9.23. The molecule has 1 N–H and O–H groups in total. The molecule has 0 aliphatic carbocycles. The topological polar surface area (TPSA) is 40.5 Å². The van der Waals surface area contributed by atoms with E-state index < -0.39 is 6.09 Å². The summed E-state index contributed by atoms with van der Waals surface area (Å²) in [6, 6.07) is 19.1. The maximum atomic E-state index is 11.2. The van der Waals surface area contributed by atoms with Gasteiger partial charge in [-0.25, -0.2) is 4.79 Å². The minimum absolute atomic E-state index is 0.462. The molecular weight excluding hydrogens is 226 g/mol. The first-order valence-electron chi connectivity index (χ1n) is 5.87. The fourth-order valence-corrected chi connectivity index (χ4v) is 1.83. The molecule has 18 heavy (non-hydrogen) atoms. The number of benzene rings is 2. The standard InChI is InChI=1S/C15H15NO2/c17-15(18)16(14-9-5-2-6-10-14)12-11-13-7-3-1-4-8-13/h1-10H,11-12H2,(H,17,18). The Morgan fingerprint density at radius 3 is 2.06 bits per heavy atom. The molecule has 1 amide bonds. The second-order valence-electron chi connectivity index (χ2n) is 4.01. The van der Waals surface area contributed by atoms with Gasteiger partial charge in [-0.05, 0) is 24.1 Å². The molecule has 0 fully saturated rings. The first-order valence-corrected chi connectivity index (χ1v) is 5.87. The zero-order valence-corrected chi connectivity index (χ0v) is 9.99. The summed E-state index contributed by atoms with van der Waals surface area (Å²) < 4.78 is 0. The van der Waals surface area contributed by atoms with Crippen molar-refractivity contribution >= 4 is 11.8 Å². The van der Waals surface area contributed by atoms with Crippen LogP contribution < -0.4 is 4.90 Å². The van der Waals surface area contributed by atoms with Crippen LogP contribution in [0.15, 0.2) is 60.7 Å². The summed E-state index contributed by atoms with van der Waals surface area (Å²) >= 11 is 0. The Morgan fingerprint density at radius 2 is 1.50 bits per heavy atom. The van der Waals surface area contributed by atoms with Gasteiger partial charge in [0.2, 0.25) is 0 Å². The molecule has 2 aromatic rings. The predicted octanol–water partition coefficient (Wildman–Crippen LogP) is 3.41. The van der Waals surface area contributed by atoms with Crippen LogP contribution in [0.2, 0.25) is 0 Å². The van der Waals surface area contributed by atoms with E-state index in [9.17, 15) is 9.90 Å². The summed E-state index contributed by atoms with van der Waals surface area (Å²) in [7, 11) is 0. The van der Waals surface area contributed by atoms with Crippen molar-refractivity contribution in [2.24, 2.45) is 0 Å². The normalized spacial score (nSPS) is 10.0. The summed E-state index contributed by atoms with van der Waals surface area (Å²) in [6.07, 6.45) is -0.209. The number of amides is 1. The zero-order chi connectivity index (χ0) is 12.8. The number of rotatable bonds is 4. The molecule has 0 atom stereocenters. The van der Waals surface area contributed by atoms with Crippen molar-refractivity contribution in [1.82, 2.24) is 0 Å². The lowest BCUT2D eigenvalue weighted by molar-refractivity contribution is 0.202. The van der Waals surface area contributed by atoms with Gasteiger partial charge in [0.25, 0.3) is 0 Å². The second-order valence-corrected chi connectivity index (χ2v) is 4.01. The second kappa shape index (κ2) is 5.87. The van der Waals surface area contributed by atoms with Crippen LogP contribution in [-0.4, -0.2) is 17.7 Å². The van der Waals surface area contributed by atoms with Crippen LogP contribution in [0, 0.1) is 0 Å². The van der Waals surface area contributed by atoms with Crippen LogP contribution >= 0.6 is 0 Å². The number of hydrogen-bond acceptors (Lipinski definition) is 1. The molecule has 0 bridgehead atoms. The Balaban J connectivity index is 2.06. The fourth-order valence-electron chi connectivity index (χ4n) is 1.83. The fraction of sp³-hybridized carbons (Fsp3) is 0.133. The van der Waals surface area contributed by atoms with Crippen LogP contribution in [0.5, 0.6) is 0 Å². The van der Waals surface area contributed by atoms with Crippen molar-refractivity contribution in [2.45, 2.75) is 6.42 Å². The smallest absolute Gasteiger partial charge is 0.411 e. The molecular formula is C15H15NO2. The van der Waals surface area contributed by atoms with E-state index >= 15 is 0 Å². The Hall–Kier alpha value is -2.29. The van der Waals surface area contributed by atoms with E-state index in [0.717, 1.165) is 5.56 Å². The van der Waals surface area contributed by atoms with Gasteiger partial charge in [0, 0.05) is 12.2 Å². The predicted molar refractivity (Wildman–Crippen MR) is 72.0 cm³/mol. The third-order valence-corrected chi connectivity index (χ3v) is 2.77. The molecule has 0 saturated carbocycles. The van der Waals surface area contributed by atoms with E-state index in [1.54, 1.807) is 12.1 Å². The number of carboxylic acid groups (broad SMARTS) is 1. The highest BCUT2D eigenvalue weighted by Gasteiger charge is 2.13. The molecule has 2 rings (SSSR count). The van der Waals surface area contributed by atoms with Gasteiger partial charge in [-0.15, -0.1) is 0 Å². The molecule has 2 aromatic carbocycles. The van der Waals surface area contributed by atoms with E-state index in [-0.39, 0.29) is 0 Å². The highest BCUT2D eigenvalue weighted by Crippen LogP contribution is 2.14. The molecule has 0 saturated heterocycles. The quantitative estimate of drug-likeness (QED) is 0.891. The lowest BCUT2D eigenvalue weighted by Gasteiger charge is -2.19. The van der Waals surface area contributed by atoms with Crippen LogP contribution in [0.25, 0.3) is 0 Å². The van der Waals surface area contributed by atoms with Crippen LogP contribution in [-0.2, 0) is 6.42 Å². The number of para-hydroxylation sites is 1. The van der Waals surface area contributed by atoms with Crippen LogP contribution in [0.4, 0.5) is 10.5 Å². The SMILES string of the molecule is O=C(O)N(CCc1ccccc1)c1ccccc1. The van der Waals surface area contributed by atoms with Crippen molar-refractivity contribution in [3.8, 4) is 0 Å². The lowest BCUT2D eigenvalue weighted by atomic mass is 10.1. The summed E-state index contributed by atoms with van der Waals surface area (Å²) in [5.41, 5.74) is 1.85. The summed E-state index contributed by atoms with van der Waals surface area (Å²) in [5.74, 6) is 0. The van der Waals surface area contributed by atoms with Gasteiger partial charge >= 0.3 is 6.09 Å². The Kier molecular flexibility index (Phi) is 3.97. The number of carbonyl (C=O) groups is 1. The zero-order valence-electron chi connectivity index (χ0n) is 9.99. The molecule has 3 heteroatoms. The monoisotopic (exact) mass is 241 g/mol. The molecule has 0 heterocycles. The molecule has 0 aliphatic rings. The molecule has 3 nitrogen and oxygen atoms in total. The molecule has 0 radical (unpaired) electrons. The van der Waals surface area contributed by atoms with Gasteiger partial charge in [0.1, 0.15) is 0 Å². The van der Waals surface area contributed by atoms with Gasteiger partial charge in [-0.1, -0.05) is 48.5 Å². The van der Waals surface area contributed by atoms with Crippen molar-refractivity contribution in [1.29, 1.82) is 0 Å². The average Bonchev–Trinajstić information content (AvgIpc) is 2.41. The van der Waals surface area contributed by atoms with Crippen LogP contribution in [0.1, 0.15) is 5.56 Å². The Labute approximate surface area is 106 Å². The van der Waals surface area contributed by atoms with E-state index in [1.807, 2.05) is 48.5 Å². The van der Waals surface area contributed by atoms with E-state index in [0.29, 0.717) is 18.7 Å². The molecule has 0 unspecified atom stereocenters. The van der Waals surface area contributed by atoms with Gasteiger partial charge in [0.15, 0.2) is 0 Å². The Morgan fingerprint density at radius 1 is 0.944 bits per heavy atom. The average molecular weight is 241 g/mol. The summed E-state index contributed by atoms with van der Waals surface area (Å²) in [4.78, 5) is 12.6. The van der Waals surface area contributed by atoms with Crippen molar-refractivity contribution in [3.05, 3.63) is 66.2 Å². The highest BCUT2D eigenvalue weighted by atomic mass is 16.4. The third kappa shape index (κ3) is 3.10. The van der Waals surface area contributed by atoms with Crippen molar-refractivity contribution in [3.63, 3.8) is 0 Å². The molecule has 0 aliphatic heterocycles. The minimum atomic E-state index is -0.919. The molecule has 92 valence electrons. The molecule has 0 aromatic heterocycles. The van der Waals surface area contributed by atoms with Gasteiger partial charge in [-0.3, -0.25) is 4.90 Å². The van der Waals surface area contributed by atoms with E-state index in [4.69, 9.17) is 0 Å². The highest BCUT2D eigenvalue weighted by molar-refractivity contribution is 5.85. The van der Waals surface area contributed by atoms with Crippen molar-refractivity contribution < 1.29 is 9.90 Å². The van der Waals surface area contributed by atoms with Gasteiger partial charge in [-0.2, -0.15) is 0 Å². The third-order valence-electron chi connectivity index (χ3n) is 2.77. The van der Waals surface area contributed by atoms with Crippen molar-refractivity contribution in [2.75, 3.05) is 11.4 Å². The maximum absolute atomic E-state index is 11.2. The maximum Gasteiger partial charge on any atom is 0.411 e. The first-order chi connectivity index (χ1) is 8.77. The van der Waals surface area contributed by atoms with Gasteiger partial charge < -0.3 is 5.11 Å². The summed E-state index contributed by atoms with van der Waals surface area (Å²) in [6.45, 7) is 0.462. The Bertz CT molecular complexity index is 496. The largest absolute Gasteiger partial charge is 0.465 e. The van der Waals surface area contributed by atoms with Gasteiger partial charge in [0.05, 0.1) is 0 Å². The minimum Gasteiger partial charge on any atom is -0.465 e. The first kappa shape index (κ1) is 12.2.